The highest BCUT2D eigenvalue weighted by molar-refractivity contribution is 14.1. The zero-order chi connectivity index (χ0) is 14.5. The van der Waals surface area contributed by atoms with Crippen LogP contribution in [0.5, 0.6) is 0 Å². The Morgan fingerprint density at radius 1 is 1.40 bits per heavy atom. The van der Waals surface area contributed by atoms with Gasteiger partial charge >= 0.3 is 0 Å². The summed E-state index contributed by atoms with van der Waals surface area (Å²) >= 11 is 2.36. The Labute approximate surface area is 135 Å². The highest BCUT2D eigenvalue weighted by Crippen LogP contribution is 2.26. The molecule has 0 saturated carbocycles. The van der Waals surface area contributed by atoms with Gasteiger partial charge in [-0.2, -0.15) is 0 Å². The predicted molar refractivity (Wildman–Crippen MR) is 90.3 cm³/mol. The van der Waals surface area contributed by atoms with E-state index in [1.165, 1.54) is 0 Å². The van der Waals surface area contributed by atoms with E-state index in [1.807, 2.05) is 0 Å². The third-order valence-electron chi connectivity index (χ3n) is 3.45. The number of hydrogen-bond acceptors (Lipinski definition) is 4. The molecule has 4 nitrogen and oxygen atoms in total. The molecule has 0 spiro atoms. The lowest BCUT2D eigenvalue weighted by molar-refractivity contribution is 0.110. The van der Waals surface area contributed by atoms with Crippen molar-refractivity contribution in [2.75, 3.05) is 18.5 Å². The monoisotopic (exact) mass is 389 g/mol. The molecular weight excluding hydrogens is 365 g/mol. The van der Waals surface area contributed by atoms with Crippen LogP contribution in [0.3, 0.4) is 0 Å². The van der Waals surface area contributed by atoms with E-state index >= 15 is 0 Å². The smallest absolute Gasteiger partial charge is 0.143 e. The van der Waals surface area contributed by atoms with Gasteiger partial charge in [0.1, 0.15) is 11.6 Å². The molecule has 1 unspecified atom stereocenters. The molecule has 0 amide bonds. The minimum Gasteiger partial charge on any atom is -0.378 e. The Bertz CT molecular complexity index is 445. The van der Waals surface area contributed by atoms with Crippen molar-refractivity contribution in [3.05, 3.63) is 15.1 Å². The maximum absolute atomic E-state index is 5.71. The number of ether oxygens (including phenoxy) is 1. The summed E-state index contributed by atoms with van der Waals surface area (Å²) in [6.07, 6.45) is 4.52. The fourth-order valence-corrected chi connectivity index (χ4v) is 3.41. The van der Waals surface area contributed by atoms with Crippen molar-refractivity contribution in [1.82, 2.24) is 9.97 Å². The van der Waals surface area contributed by atoms with Gasteiger partial charge in [0.15, 0.2) is 0 Å². The first-order chi connectivity index (χ1) is 9.61. The zero-order valence-electron chi connectivity index (χ0n) is 12.6. The van der Waals surface area contributed by atoms with Crippen LogP contribution in [-0.4, -0.2) is 29.2 Å². The number of nitrogens with zero attached hydrogens (tertiary/aromatic N) is 2. The Morgan fingerprint density at radius 2 is 2.20 bits per heavy atom. The number of halogens is 1. The van der Waals surface area contributed by atoms with Crippen LogP contribution in [-0.2, 0) is 11.2 Å². The summed E-state index contributed by atoms with van der Waals surface area (Å²) in [7, 11) is 0. The van der Waals surface area contributed by atoms with Crippen molar-refractivity contribution in [1.29, 1.82) is 0 Å². The van der Waals surface area contributed by atoms with Crippen molar-refractivity contribution >= 4 is 28.4 Å². The number of hydrogen-bond donors (Lipinski definition) is 1. The lowest BCUT2D eigenvalue weighted by atomic mass is 10.1. The van der Waals surface area contributed by atoms with Crippen molar-refractivity contribution in [3.8, 4) is 0 Å². The fraction of sp³-hybridized carbons (Fsp3) is 0.733. The molecule has 1 aliphatic rings. The zero-order valence-corrected chi connectivity index (χ0v) is 14.7. The van der Waals surface area contributed by atoms with Gasteiger partial charge in [-0.3, -0.25) is 0 Å². The molecule has 1 atom stereocenters. The number of aromatic nitrogens is 2. The quantitative estimate of drug-likeness (QED) is 0.753. The standard InChI is InChI=1S/C15H24IN3O/c1-4-7-17-15-13(16)14(10(2)3)18-12(19-15)9-11-6-5-8-20-11/h10-11H,4-9H2,1-3H3,(H,17,18,19). The van der Waals surface area contributed by atoms with E-state index in [4.69, 9.17) is 14.7 Å². The first kappa shape index (κ1) is 15.9. The Morgan fingerprint density at radius 3 is 2.80 bits per heavy atom. The van der Waals surface area contributed by atoms with E-state index in [9.17, 15) is 0 Å². The molecule has 1 aromatic rings. The average molecular weight is 389 g/mol. The van der Waals surface area contributed by atoms with Gasteiger partial charge in [0.25, 0.3) is 0 Å². The second-order valence-corrected chi connectivity index (χ2v) is 6.69. The van der Waals surface area contributed by atoms with Crippen LogP contribution < -0.4 is 5.32 Å². The molecule has 1 aliphatic heterocycles. The lowest BCUT2D eigenvalue weighted by Crippen LogP contribution is -2.16. The lowest BCUT2D eigenvalue weighted by Gasteiger charge is -2.16. The van der Waals surface area contributed by atoms with E-state index in [1.54, 1.807) is 0 Å². The van der Waals surface area contributed by atoms with Gasteiger partial charge in [0.05, 0.1) is 15.4 Å². The molecule has 1 saturated heterocycles. The van der Waals surface area contributed by atoms with Gasteiger partial charge < -0.3 is 10.1 Å². The second kappa shape index (κ2) is 7.54. The van der Waals surface area contributed by atoms with Crippen molar-refractivity contribution in [2.45, 2.75) is 58.5 Å². The summed E-state index contributed by atoms with van der Waals surface area (Å²) in [5.41, 5.74) is 1.15. The van der Waals surface area contributed by atoms with Crippen LogP contribution in [0, 0.1) is 3.57 Å². The van der Waals surface area contributed by atoms with Crippen LogP contribution in [0.25, 0.3) is 0 Å². The van der Waals surface area contributed by atoms with E-state index in [0.717, 1.165) is 59.7 Å². The summed E-state index contributed by atoms with van der Waals surface area (Å²) in [6, 6.07) is 0. The maximum Gasteiger partial charge on any atom is 0.143 e. The van der Waals surface area contributed by atoms with Crippen LogP contribution in [0.2, 0.25) is 0 Å². The minimum absolute atomic E-state index is 0.300. The normalized spacial score (nSPS) is 18.8. The molecule has 0 aromatic carbocycles. The van der Waals surface area contributed by atoms with Gasteiger partial charge in [-0.1, -0.05) is 20.8 Å². The molecule has 0 radical (unpaired) electrons. The van der Waals surface area contributed by atoms with Gasteiger partial charge in [0, 0.05) is 19.6 Å². The maximum atomic E-state index is 5.71. The summed E-state index contributed by atoms with van der Waals surface area (Å²) < 4.78 is 6.86. The molecule has 2 heterocycles. The summed E-state index contributed by atoms with van der Waals surface area (Å²) in [6.45, 7) is 8.36. The van der Waals surface area contributed by atoms with Crippen molar-refractivity contribution < 1.29 is 4.74 Å². The highest BCUT2D eigenvalue weighted by Gasteiger charge is 2.20. The van der Waals surface area contributed by atoms with Crippen LogP contribution in [0.1, 0.15) is 57.5 Å². The number of anilines is 1. The SMILES string of the molecule is CCCNc1nc(CC2CCCO2)nc(C(C)C)c1I. The fourth-order valence-electron chi connectivity index (χ4n) is 2.36. The third kappa shape index (κ3) is 4.04. The Kier molecular flexibility index (Phi) is 6.01. The topological polar surface area (TPSA) is 47.0 Å². The van der Waals surface area contributed by atoms with E-state index in [-0.39, 0.29) is 0 Å². The van der Waals surface area contributed by atoms with Crippen LogP contribution in [0.4, 0.5) is 5.82 Å². The molecule has 2 rings (SSSR count). The molecule has 1 fully saturated rings. The van der Waals surface area contributed by atoms with Crippen molar-refractivity contribution in [2.24, 2.45) is 0 Å². The largest absolute Gasteiger partial charge is 0.378 e. The van der Waals surface area contributed by atoms with Gasteiger partial charge in [-0.15, -0.1) is 0 Å². The summed E-state index contributed by atoms with van der Waals surface area (Å²) in [5.74, 6) is 2.31. The van der Waals surface area contributed by atoms with Crippen LogP contribution >= 0.6 is 22.6 Å². The number of rotatable bonds is 6. The summed E-state index contributed by atoms with van der Waals surface area (Å²) in [5, 5.41) is 3.42. The first-order valence-electron chi connectivity index (χ1n) is 7.53. The molecule has 1 N–H and O–H groups in total. The number of nitrogens with one attached hydrogen (secondary N) is 1. The minimum atomic E-state index is 0.300. The average Bonchev–Trinajstić information content (AvgIpc) is 2.91. The predicted octanol–water partition coefficient (Wildman–Crippen LogP) is 3.75. The van der Waals surface area contributed by atoms with Crippen molar-refractivity contribution in [3.63, 3.8) is 0 Å². The van der Waals surface area contributed by atoms with Gasteiger partial charge in [-0.05, 0) is 47.8 Å². The highest BCUT2D eigenvalue weighted by atomic mass is 127. The third-order valence-corrected chi connectivity index (χ3v) is 4.51. The molecule has 20 heavy (non-hydrogen) atoms. The molecule has 0 aliphatic carbocycles. The van der Waals surface area contributed by atoms with Gasteiger partial charge in [0.2, 0.25) is 0 Å². The van der Waals surface area contributed by atoms with Gasteiger partial charge in [-0.25, -0.2) is 9.97 Å². The molecule has 0 bridgehead atoms. The molecule has 5 heteroatoms. The van der Waals surface area contributed by atoms with E-state index in [2.05, 4.69) is 48.7 Å². The van der Waals surface area contributed by atoms with E-state index in [0.29, 0.717) is 12.0 Å². The first-order valence-corrected chi connectivity index (χ1v) is 8.61. The second-order valence-electron chi connectivity index (χ2n) is 5.61. The Hall–Kier alpha value is -0.430. The van der Waals surface area contributed by atoms with E-state index < -0.39 is 0 Å². The molecule has 112 valence electrons. The Balaban J connectivity index is 2.23. The molecule has 1 aromatic heterocycles. The summed E-state index contributed by atoms with van der Waals surface area (Å²) in [4.78, 5) is 9.47. The van der Waals surface area contributed by atoms with Crippen LogP contribution in [0.15, 0.2) is 0 Å². The molecular formula is C15H24IN3O.